The van der Waals surface area contributed by atoms with E-state index in [0.717, 1.165) is 0 Å². The van der Waals surface area contributed by atoms with Crippen LogP contribution in [-0.4, -0.2) is 29.5 Å². The second-order valence-electron chi connectivity index (χ2n) is 4.93. The van der Waals surface area contributed by atoms with Crippen molar-refractivity contribution in [1.29, 1.82) is 0 Å². The molecule has 7 nitrogen and oxygen atoms in total. The molecule has 0 heterocycles. The predicted molar refractivity (Wildman–Crippen MR) is 72.3 cm³/mol. The van der Waals surface area contributed by atoms with E-state index in [1.807, 2.05) is 0 Å². The van der Waals surface area contributed by atoms with E-state index < -0.39 is 10.5 Å². The highest BCUT2D eigenvalue weighted by Crippen LogP contribution is 2.32. The van der Waals surface area contributed by atoms with E-state index in [0.29, 0.717) is 25.0 Å². The number of nitro benzene ring substituents is 1. The summed E-state index contributed by atoms with van der Waals surface area (Å²) in [6, 6.07) is 5.90. The number of nitrogens with zero attached hydrogens (tertiary/aromatic N) is 1. The first-order chi connectivity index (χ1) is 9.47. The Morgan fingerprint density at radius 3 is 2.60 bits per heavy atom. The van der Waals surface area contributed by atoms with Gasteiger partial charge in [0, 0.05) is 18.6 Å². The van der Waals surface area contributed by atoms with Gasteiger partial charge in [0.2, 0.25) is 5.91 Å². The number of primary amides is 1. The Morgan fingerprint density at radius 2 is 2.15 bits per heavy atom. The van der Waals surface area contributed by atoms with E-state index in [9.17, 15) is 14.9 Å². The SMILES string of the molecule is CNC1(C(N)=O)CCC(Oc2ccc([N+](=O)[O-])cc2)C1. The first-order valence-corrected chi connectivity index (χ1v) is 6.37. The second-order valence-corrected chi connectivity index (χ2v) is 4.93. The number of non-ortho nitro benzene ring substituents is 1. The van der Waals surface area contributed by atoms with Crippen LogP contribution in [0.2, 0.25) is 0 Å². The number of carbonyl (C=O) groups is 1. The molecule has 1 amide bonds. The van der Waals surface area contributed by atoms with Gasteiger partial charge >= 0.3 is 0 Å². The van der Waals surface area contributed by atoms with Crippen LogP contribution >= 0.6 is 0 Å². The molecule has 108 valence electrons. The van der Waals surface area contributed by atoms with Crippen molar-refractivity contribution in [2.75, 3.05) is 7.05 Å². The summed E-state index contributed by atoms with van der Waals surface area (Å²) < 4.78 is 5.75. The van der Waals surface area contributed by atoms with E-state index >= 15 is 0 Å². The van der Waals surface area contributed by atoms with Crippen LogP contribution in [0.5, 0.6) is 5.75 Å². The normalized spacial score (nSPS) is 25.4. The van der Waals surface area contributed by atoms with Gasteiger partial charge in [-0.25, -0.2) is 0 Å². The van der Waals surface area contributed by atoms with Crippen LogP contribution in [0.4, 0.5) is 5.69 Å². The molecule has 0 aliphatic heterocycles. The standard InChI is InChI=1S/C13H17N3O4/c1-15-13(12(14)17)7-6-11(8-13)20-10-4-2-9(3-5-10)16(18)19/h2-5,11,15H,6-8H2,1H3,(H2,14,17). The van der Waals surface area contributed by atoms with Gasteiger partial charge in [0.05, 0.1) is 4.92 Å². The van der Waals surface area contributed by atoms with Gasteiger partial charge in [0.25, 0.3) is 5.69 Å². The number of nitro groups is 1. The molecule has 20 heavy (non-hydrogen) atoms. The van der Waals surface area contributed by atoms with Crippen LogP contribution < -0.4 is 15.8 Å². The van der Waals surface area contributed by atoms with Gasteiger partial charge in [0.1, 0.15) is 17.4 Å². The van der Waals surface area contributed by atoms with Gasteiger partial charge < -0.3 is 15.8 Å². The molecule has 2 atom stereocenters. The van der Waals surface area contributed by atoms with Gasteiger partial charge in [-0.2, -0.15) is 0 Å². The number of hydrogen-bond acceptors (Lipinski definition) is 5. The van der Waals surface area contributed by atoms with Crippen LogP contribution in [0, 0.1) is 10.1 Å². The van der Waals surface area contributed by atoms with E-state index in [1.54, 1.807) is 19.2 Å². The van der Waals surface area contributed by atoms with Crippen molar-refractivity contribution in [3.8, 4) is 5.75 Å². The van der Waals surface area contributed by atoms with Gasteiger partial charge in [-0.15, -0.1) is 0 Å². The maximum Gasteiger partial charge on any atom is 0.269 e. The molecule has 7 heteroatoms. The highest BCUT2D eigenvalue weighted by molar-refractivity contribution is 5.85. The molecule has 0 aromatic heterocycles. The van der Waals surface area contributed by atoms with Crippen molar-refractivity contribution in [2.24, 2.45) is 5.73 Å². The maximum absolute atomic E-state index is 11.5. The minimum Gasteiger partial charge on any atom is -0.490 e. The molecule has 1 saturated carbocycles. The summed E-state index contributed by atoms with van der Waals surface area (Å²) in [5.41, 5.74) is 4.72. The summed E-state index contributed by atoms with van der Waals surface area (Å²) in [7, 11) is 1.71. The van der Waals surface area contributed by atoms with Gasteiger partial charge in [-0.05, 0) is 32.0 Å². The van der Waals surface area contributed by atoms with Crippen molar-refractivity contribution < 1.29 is 14.5 Å². The molecule has 0 spiro atoms. The van der Waals surface area contributed by atoms with Crippen LogP contribution in [0.25, 0.3) is 0 Å². The Labute approximate surface area is 116 Å². The van der Waals surface area contributed by atoms with Crippen molar-refractivity contribution in [3.05, 3.63) is 34.4 Å². The van der Waals surface area contributed by atoms with Gasteiger partial charge in [0.15, 0.2) is 0 Å². The predicted octanol–water partition coefficient (Wildman–Crippen LogP) is 0.970. The Bertz CT molecular complexity index is 517. The third kappa shape index (κ3) is 2.72. The summed E-state index contributed by atoms with van der Waals surface area (Å²) in [5, 5.41) is 13.5. The van der Waals surface area contributed by atoms with Crippen molar-refractivity contribution in [3.63, 3.8) is 0 Å². The summed E-state index contributed by atoms with van der Waals surface area (Å²) >= 11 is 0. The van der Waals surface area contributed by atoms with Crippen molar-refractivity contribution in [1.82, 2.24) is 5.32 Å². The number of nitrogens with one attached hydrogen (secondary N) is 1. The van der Waals surface area contributed by atoms with Gasteiger partial charge in [-0.1, -0.05) is 0 Å². The summed E-state index contributed by atoms with van der Waals surface area (Å²) in [5.74, 6) is 0.173. The molecule has 0 radical (unpaired) electrons. The lowest BCUT2D eigenvalue weighted by Crippen LogP contribution is -2.52. The quantitative estimate of drug-likeness (QED) is 0.616. The minimum absolute atomic E-state index is 0.0190. The zero-order chi connectivity index (χ0) is 14.8. The molecule has 2 unspecified atom stereocenters. The largest absolute Gasteiger partial charge is 0.490 e. The molecular weight excluding hydrogens is 262 g/mol. The number of benzene rings is 1. The van der Waals surface area contributed by atoms with Crippen LogP contribution in [0.3, 0.4) is 0 Å². The average Bonchev–Trinajstić information content (AvgIpc) is 2.84. The minimum atomic E-state index is -0.717. The molecule has 1 aliphatic rings. The number of likely N-dealkylation sites (N-methyl/N-ethyl adjacent to an activating group) is 1. The smallest absolute Gasteiger partial charge is 0.269 e. The summed E-state index contributed by atoms with van der Waals surface area (Å²) in [6.45, 7) is 0. The first-order valence-electron chi connectivity index (χ1n) is 6.37. The second kappa shape index (κ2) is 5.46. The highest BCUT2D eigenvalue weighted by Gasteiger charge is 2.43. The van der Waals surface area contributed by atoms with E-state index in [4.69, 9.17) is 10.5 Å². The van der Waals surface area contributed by atoms with E-state index in [-0.39, 0.29) is 17.7 Å². The fraction of sp³-hybridized carbons (Fsp3) is 0.462. The molecule has 0 bridgehead atoms. The lowest BCUT2D eigenvalue weighted by molar-refractivity contribution is -0.384. The Kier molecular flexibility index (Phi) is 3.89. The third-order valence-corrected chi connectivity index (χ3v) is 3.77. The molecule has 0 saturated heterocycles. The fourth-order valence-corrected chi connectivity index (χ4v) is 2.51. The topological polar surface area (TPSA) is 107 Å². The molecule has 1 aliphatic carbocycles. The molecule has 1 aromatic carbocycles. The zero-order valence-corrected chi connectivity index (χ0v) is 11.2. The number of ether oxygens (including phenoxy) is 1. The van der Waals surface area contributed by atoms with E-state index in [1.165, 1.54) is 12.1 Å². The van der Waals surface area contributed by atoms with Gasteiger partial charge in [-0.3, -0.25) is 14.9 Å². The monoisotopic (exact) mass is 279 g/mol. The fourth-order valence-electron chi connectivity index (χ4n) is 2.51. The first kappa shape index (κ1) is 14.3. The summed E-state index contributed by atoms with van der Waals surface area (Å²) in [4.78, 5) is 21.6. The van der Waals surface area contributed by atoms with Crippen LogP contribution in [0.15, 0.2) is 24.3 Å². The molecular formula is C13H17N3O4. The molecule has 3 N–H and O–H groups in total. The Balaban J connectivity index is 2.01. The maximum atomic E-state index is 11.5. The average molecular weight is 279 g/mol. The Morgan fingerprint density at radius 1 is 1.50 bits per heavy atom. The van der Waals surface area contributed by atoms with Crippen LogP contribution in [-0.2, 0) is 4.79 Å². The summed E-state index contributed by atoms with van der Waals surface area (Å²) in [6.07, 6.45) is 1.70. The molecule has 1 aromatic rings. The number of rotatable bonds is 5. The lowest BCUT2D eigenvalue weighted by atomic mass is 9.97. The van der Waals surface area contributed by atoms with E-state index in [2.05, 4.69) is 5.32 Å². The third-order valence-electron chi connectivity index (χ3n) is 3.77. The number of amides is 1. The number of hydrogen-bond donors (Lipinski definition) is 2. The zero-order valence-electron chi connectivity index (χ0n) is 11.2. The number of nitrogens with two attached hydrogens (primary N) is 1. The molecule has 2 rings (SSSR count). The van der Waals surface area contributed by atoms with Crippen molar-refractivity contribution in [2.45, 2.75) is 30.9 Å². The van der Waals surface area contributed by atoms with Crippen LogP contribution in [0.1, 0.15) is 19.3 Å². The Hall–Kier alpha value is -2.15. The number of carbonyl (C=O) groups excluding carboxylic acids is 1. The van der Waals surface area contributed by atoms with Crippen molar-refractivity contribution >= 4 is 11.6 Å². The highest BCUT2D eigenvalue weighted by atomic mass is 16.6. The lowest BCUT2D eigenvalue weighted by Gasteiger charge is -2.24. The molecule has 1 fully saturated rings.